The molecule has 0 radical (unpaired) electrons. The predicted molar refractivity (Wildman–Crippen MR) is 83.5 cm³/mol. The molecule has 2 fully saturated rings. The summed E-state index contributed by atoms with van der Waals surface area (Å²) < 4.78 is 0. The average Bonchev–Trinajstić information content (AvgIpc) is 3.26. The molecular formula is C17H31N3. The van der Waals surface area contributed by atoms with Crippen LogP contribution in [0.1, 0.15) is 65.7 Å². The lowest BCUT2D eigenvalue weighted by Crippen LogP contribution is -2.54. The van der Waals surface area contributed by atoms with Crippen LogP contribution in [0.4, 0.5) is 0 Å². The summed E-state index contributed by atoms with van der Waals surface area (Å²) in [6, 6.07) is 3.80. The average molecular weight is 277 g/mol. The third-order valence-electron chi connectivity index (χ3n) is 4.95. The van der Waals surface area contributed by atoms with Crippen LogP contribution in [0.25, 0.3) is 0 Å². The van der Waals surface area contributed by atoms with Gasteiger partial charge in [0.25, 0.3) is 0 Å². The van der Waals surface area contributed by atoms with Gasteiger partial charge in [-0.15, -0.1) is 0 Å². The van der Waals surface area contributed by atoms with E-state index in [1.807, 2.05) is 0 Å². The number of nitrogens with zero attached hydrogens (tertiary/aromatic N) is 2. The molecule has 2 rings (SSSR count). The zero-order valence-corrected chi connectivity index (χ0v) is 13.5. The van der Waals surface area contributed by atoms with Gasteiger partial charge in [0.05, 0.1) is 6.07 Å². The highest BCUT2D eigenvalue weighted by Crippen LogP contribution is 2.36. The van der Waals surface area contributed by atoms with Crippen LogP contribution in [0.3, 0.4) is 0 Å². The maximum Gasteiger partial charge on any atom is 0.108 e. The number of nitrogens with one attached hydrogen (secondary N) is 1. The van der Waals surface area contributed by atoms with Crippen molar-refractivity contribution < 1.29 is 0 Å². The first kappa shape index (κ1) is 15.8. The van der Waals surface area contributed by atoms with Gasteiger partial charge < -0.3 is 0 Å². The third kappa shape index (κ3) is 3.96. The molecule has 2 unspecified atom stereocenters. The molecule has 2 aliphatic carbocycles. The zero-order valence-electron chi connectivity index (χ0n) is 13.5. The Hall–Kier alpha value is -0.590. The Bertz CT molecular complexity index is 343. The lowest BCUT2D eigenvalue weighted by atomic mass is 9.79. The molecular weight excluding hydrogens is 246 g/mol. The molecule has 20 heavy (non-hydrogen) atoms. The maximum absolute atomic E-state index is 9.67. The molecule has 1 N–H and O–H groups in total. The van der Waals surface area contributed by atoms with Crippen LogP contribution in [-0.2, 0) is 0 Å². The molecule has 0 saturated heterocycles. The van der Waals surface area contributed by atoms with E-state index in [1.54, 1.807) is 0 Å². The molecule has 0 amide bonds. The molecule has 0 aromatic heterocycles. The molecule has 0 aromatic carbocycles. The van der Waals surface area contributed by atoms with Crippen LogP contribution < -0.4 is 5.32 Å². The van der Waals surface area contributed by atoms with Gasteiger partial charge in [0.2, 0.25) is 0 Å². The minimum atomic E-state index is -0.268. The first-order chi connectivity index (χ1) is 9.60. The van der Waals surface area contributed by atoms with Crippen molar-refractivity contribution in [3.05, 3.63) is 0 Å². The normalized spacial score (nSPS) is 30.7. The van der Waals surface area contributed by atoms with Crippen molar-refractivity contribution in [2.75, 3.05) is 13.1 Å². The summed E-state index contributed by atoms with van der Waals surface area (Å²) in [6.07, 6.45) is 8.40. The van der Waals surface area contributed by atoms with Crippen LogP contribution in [0, 0.1) is 17.2 Å². The van der Waals surface area contributed by atoms with Gasteiger partial charge in [0.1, 0.15) is 5.54 Å². The van der Waals surface area contributed by atoms with Crippen molar-refractivity contribution in [1.82, 2.24) is 10.2 Å². The monoisotopic (exact) mass is 277 g/mol. The third-order valence-corrected chi connectivity index (χ3v) is 4.95. The second-order valence-electron chi connectivity index (χ2n) is 7.10. The molecule has 0 aromatic rings. The molecule has 0 heterocycles. The Balaban J connectivity index is 2.01. The van der Waals surface area contributed by atoms with Gasteiger partial charge in [0.15, 0.2) is 0 Å². The summed E-state index contributed by atoms with van der Waals surface area (Å²) in [7, 11) is 0. The van der Waals surface area contributed by atoms with Crippen molar-refractivity contribution in [2.24, 2.45) is 5.92 Å². The smallest absolute Gasteiger partial charge is 0.108 e. The van der Waals surface area contributed by atoms with Gasteiger partial charge in [0, 0.05) is 18.6 Å². The maximum atomic E-state index is 9.67. The van der Waals surface area contributed by atoms with Crippen molar-refractivity contribution in [3.63, 3.8) is 0 Å². The fraction of sp³-hybridized carbons (Fsp3) is 0.941. The van der Waals surface area contributed by atoms with Crippen LogP contribution >= 0.6 is 0 Å². The summed E-state index contributed by atoms with van der Waals surface area (Å²) in [5, 5.41) is 13.2. The largest absolute Gasteiger partial charge is 0.299 e. The fourth-order valence-corrected chi connectivity index (χ4v) is 3.57. The van der Waals surface area contributed by atoms with Crippen molar-refractivity contribution >= 4 is 0 Å². The van der Waals surface area contributed by atoms with E-state index >= 15 is 0 Å². The van der Waals surface area contributed by atoms with E-state index in [9.17, 15) is 5.26 Å². The summed E-state index contributed by atoms with van der Waals surface area (Å²) in [4.78, 5) is 2.68. The van der Waals surface area contributed by atoms with Crippen LogP contribution in [0.2, 0.25) is 0 Å². The second-order valence-corrected chi connectivity index (χ2v) is 7.10. The molecule has 0 aliphatic heterocycles. The Morgan fingerprint density at radius 1 is 1.35 bits per heavy atom. The second kappa shape index (κ2) is 6.91. The minimum absolute atomic E-state index is 0.268. The number of hydrogen-bond donors (Lipinski definition) is 1. The zero-order chi connectivity index (χ0) is 14.6. The van der Waals surface area contributed by atoms with Crippen LogP contribution in [-0.4, -0.2) is 35.6 Å². The van der Waals surface area contributed by atoms with E-state index in [0.717, 1.165) is 31.7 Å². The van der Waals surface area contributed by atoms with E-state index in [4.69, 9.17) is 0 Å². The van der Waals surface area contributed by atoms with Gasteiger partial charge in [-0.3, -0.25) is 10.2 Å². The molecule has 0 bridgehead atoms. The summed E-state index contributed by atoms with van der Waals surface area (Å²) >= 11 is 0. The first-order valence-electron chi connectivity index (χ1n) is 8.52. The van der Waals surface area contributed by atoms with Gasteiger partial charge in [-0.2, -0.15) is 5.26 Å². The summed E-state index contributed by atoms with van der Waals surface area (Å²) in [5.74, 6) is 0.930. The van der Waals surface area contributed by atoms with Crippen molar-refractivity contribution in [3.8, 4) is 6.07 Å². The van der Waals surface area contributed by atoms with Crippen molar-refractivity contribution in [1.29, 1.82) is 5.26 Å². The quantitative estimate of drug-likeness (QED) is 0.776. The molecule has 0 spiro atoms. The minimum Gasteiger partial charge on any atom is -0.299 e. The molecule has 2 atom stereocenters. The highest BCUT2D eigenvalue weighted by Gasteiger charge is 2.39. The molecule has 114 valence electrons. The van der Waals surface area contributed by atoms with E-state index in [0.29, 0.717) is 12.1 Å². The topological polar surface area (TPSA) is 39.1 Å². The highest BCUT2D eigenvalue weighted by molar-refractivity contribution is 5.11. The van der Waals surface area contributed by atoms with E-state index in [-0.39, 0.29) is 5.54 Å². The molecule has 3 nitrogen and oxygen atoms in total. The first-order valence-corrected chi connectivity index (χ1v) is 8.52. The van der Waals surface area contributed by atoms with E-state index in [1.165, 1.54) is 32.2 Å². The number of nitriles is 1. The molecule has 2 aliphatic rings. The fourth-order valence-electron chi connectivity index (χ4n) is 3.57. The summed E-state index contributed by atoms with van der Waals surface area (Å²) in [6.45, 7) is 9.00. The Morgan fingerprint density at radius 3 is 2.65 bits per heavy atom. The lowest BCUT2D eigenvalue weighted by Gasteiger charge is -2.43. The Kier molecular flexibility index (Phi) is 5.46. The summed E-state index contributed by atoms with van der Waals surface area (Å²) in [5.41, 5.74) is -0.268. The van der Waals surface area contributed by atoms with Gasteiger partial charge in [-0.05, 0) is 71.3 Å². The van der Waals surface area contributed by atoms with Crippen LogP contribution in [0.5, 0.6) is 0 Å². The standard InChI is InChI=1S/C17H31N3/c1-4-10-19-17(13-18)9-5-6-16(11-17)20(14(2)3)12-15-7-8-15/h14-16,19H,4-12H2,1-3H3. The van der Waals surface area contributed by atoms with Gasteiger partial charge >= 0.3 is 0 Å². The predicted octanol–water partition coefficient (Wildman–Crippen LogP) is 3.31. The van der Waals surface area contributed by atoms with E-state index < -0.39 is 0 Å². The molecule has 2 saturated carbocycles. The molecule has 3 heteroatoms. The van der Waals surface area contributed by atoms with Crippen molar-refractivity contribution in [2.45, 2.75) is 83.3 Å². The van der Waals surface area contributed by atoms with Gasteiger partial charge in [-0.25, -0.2) is 0 Å². The number of rotatable bonds is 7. The Labute approximate surface area is 124 Å². The highest BCUT2D eigenvalue weighted by atomic mass is 15.2. The Morgan fingerprint density at radius 2 is 2.10 bits per heavy atom. The van der Waals surface area contributed by atoms with E-state index in [2.05, 4.69) is 37.1 Å². The van der Waals surface area contributed by atoms with Gasteiger partial charge in [-0.1, -0.05) is 6.92 Å². The number of hydrogen-bond acceptors (Lipinski definition) is 3. The lowest BCUT2D eigenvalue weighted by molar-refractivity contribution is 0.0875. The SMILES string of the molecule is CCCNC1(C#N)CCCC(N(CC2CC2)C(C)C)C1. The van der Waals surface area contributed by atoms with Crippen LogP contribution in [0.15, 0.2) is 0 Å².